The maximum Gasteiger partial charge on any atom is 0.132 e. The molecule has 0 bridgehead atoms. The van der Waals surface area contributed by atoms with Crippen LogP contribution in [0.2, 0.25) is 0 Å². The first kappa shape index (κ1) is 8.97. The van der Waals surface area contributed by atoms with Gasteiger partial charge < -0.3 is 9.47 Å². The van der Waals surface area contributed by atoms with Crippen LogP contribution < -0.4 is 4.74 Å². The van der Waals surface area contributed by atoms with E-state index in [0.717, 1.165) is 5.75 Å². The summed E-state index contributed by atoms with van der Waals surface area (Å²) in [7, 11) is 0. The van der Waals surface area contributed by atoms with E-state index in [4.69, 9.17) is 9.47 Å². The molecule has 2 heterocycles. The number of ether oxygens (including phenoxy) is 2. The van der Waals surface area contributed by atoms with Crippen molar-refractivity contribution in [1.82, 2.24) is 0 Å². The highest BCUT2D eigenvalue weighted by Crippen LogP contribution is 2.53. The average Bonchev–Trinajstić information content (AvgIpc) is 2.86. The lowest BCUT2D eigenvalue weighted by atomic mass is 9.94. The van der Waals surface area contributed by atoms with Crippen LogP contribution in [0, 0.1) is 3.57 Å². The predicted octanol–water partition coefficient (Wildman–Crippen LogP) is 2.90. The summed E-state index contributed by atoms with van der Waals surface area (Å²) in [5.74, 6) is 0.981. The Hall–Kier alpha value is -0.290. The Labute approximate surface area is 96.7 Å². The van der Waals surface area contributed by atoms with Crippen molar-refractivity contribution in [2.24, 2.45) is 0 Å². The standard InChI is InChI=1S/C11H11IO2/c1-11(2)10-9(13-10)7-5-6(12)3-4-8(7)14-11/h3-5,9-10H,1-2H3/t9-,10-/m1/s1. The number of fused-ring (bicyclic) bond motifs is 3. The molecular formula is C11H11IO2. The lowest BCUT2D eigenvalue weighted by Crippen LogP contribution is -2.37. The number of halogens is 1. The van der Waals surface area contributed by atoms with Gasteiger partial charge in [0.25, 0.3) is 0 Å². The van der Waals surface area contributed by atoms with Crippen LogP contribution in [0.25, 0.3) is 0 Å². The fourth-order valence-electron chi connectivity index (χ4n) is 2.05. The van der Waals surface area contributed by atoms with Crippen molar-refractivity contribution in [2.75, 3.05) is 0 Å². The van der Waals surface area contributed by atoms with Crippen LogP contribution in [0.3, 0.4) is 0 Å². The summed E-state index contributed by atoms with van der Waals surface area (Å²) < 4.78 is 12.8. The zero-order valence-corrected chi connectivity index (χ0v) is 10.2. The normalized spacial score (nSPS) is 31.4. The third kappa shape index (κ3) is 1.18. The number of hydrogen-bond donors (Lipinski definition) is 0. The first-order valence-electron chi connectivity index (χ1n) is 4.72. The molecule has 1 saturated heterocycles. The van der Waals surface area contributed by atoms with Crippen LogP contribution in [-0.4, -0.2) is 11.7 Å². The predicted molar refractivity (Wildman–Crippen MR) is 61.5 cm³/mol. The zero-order chi connectivity index (χ0) is 9.92. The van der Waals surface area contributed by atoms with E-state index in [2.05, 4.69) is 48.6 Å². The highest BCUT2D eigenvalue weighted by molar-refractivity contribution is 14.1. The highest BCUT2D eigenvalue weighted by atomic mass is 127. The van der Waals surface area contributed by atoms with Crippen molar-refractivity contribution >= 4 is 22.6 Å². The van der Waals surface area contributed by atoms with Crippen LogP contribution in [0.4, 0.5) is 0 Å². The van der Waals surface area contributed by atoms with E-state index in [9.17, 15) is 0 Å². The summed E-state index contributed by atoms with van der Waals surface area (Å²) in [4.78, 5) is 0. The molecule has 0 aliphatic carbocycles. The van der Waals surface area contributed by atoms with Crippen LogP contribution in [0.1, 0.15) is 25.5 Å². The molecule has 0 unspecified atom stereocenters. The van der Waals surface area contributed by atoms with Gasteiger partial charge in [0.2, 0.25) is 0 Å². The third-order valence-electron chi connectivity index (χ3n) is 2.83. The fourth-order valence-corrected chi connectivity index (χ4v) is 2.57. The van der Waals surface area contributed by atoms with Gasteiger partial charge in [-0.2, -0.15) is 0 Å². The quantitative estimate of drug-likeness (QED) is 0.543. The van der Waals surface area contributed by atoms with E-state index in [1.165, 1.54) is 9.13 Å². The van der Waals surface area contributed by atoms with Crippen LogP contribution in [0.15, 0.2) is 18.2 Å². The Morgan fingerprint density at radius 3 is 2.93 bits per heavy atom. The Morgan fingerprint density at radius 1 is 1.36 bits per heavy atom. The van der Waals surface area contributed by atoms with E-state index >= 15 is 0 Å². The molecule has 2 nitrogen and oxygen atoms in total. The van der Waals surface area contributed by atoms with Crippen LogP contribution in [0.5, 0.6) is 5.75 Å². The zero-order valence-electron chi connectivity index (χ0n) is 8.08. The molecule has 3 heteroatoms. The molecule has 2 aliphatic rings. The van der Waals surface area contributed by atoms with Crippen molar-refractivity contribution in [1.29, 1.82) is 0 Å². The fraction of sp³-hybridized carbons (Fsp3) is 0.455. The molecular weight excluding hydrogens is 291 g/mol. The van der Waals surface area contributed by atoms with E-state index < -0.39 is 0 Å². The van der Waals surface area contributed by atoms with Crippen LogP contribution in [-0.2, 0) is 4.74 Å². The first-order chi connectivity index (χ1) is 6.58. The summed E-state index contributed by atoms with van der Waals surface area (Å²) in [6, 6.07) is 6.25. The first-order valence-corrected chi connectivity index (χ1v) is 5.80. The van der Waals surface area contributed by atoms with Crippen molar-refractivity contribution in [3.05, 3.63) is 27.3 Å². The molecule has 0 aromatic heterocycles. The molecule has 1 fully saturated rings. The minimum Gasteiger partial charge on any atom is -0.485 e. The van der Waals surface area contributed by atoms with Gasteiger partial charge in [-0.3, -0.25) is 0 Å². The van der Waals surface area contributed by atoms with Crippen molar-refractivity contribution < 1.29 is 9.47 Å². The summed E-state index contributed by atoms with van der Waals surface area (Å²) in [6.45, 7) is 4.16. The van der Waals surface area contributed by atoms with Gasteiger partial charge in [0, 0.05) is 9.13 Å². The number of epoxide rings is 1. The van der Waals surface area contributed by atoms with Gasteiger partial charge in [0.05, 0.1) is 0 Å². The molecule has 0 amide bonds. The van der Waals surface area contributed by atoms with Crippen molar-refractivity contribution in [3.63, 3.8) is 0 Å². The Balaban J connectivity index is 2.11. The highest BCUT2D eigenvalue weighted by Gasteiger charge is 2.56. The lowest BCUT2D eigenvalue weighted by Gasteiger charge is -2.29. The SMILES string of the molecule is CC1(C)Oc2ccc(I)cc2[C@H]2O[C@H]21. The molecule has 0 N–H and O–H groups in total. The van der Waals surface area contributed by atoms with E-state index in [1.54, 1.807) is 0 Å². The minimum absolute atomic E-state index is 0.176. The van der Waals surface area contributed by atoms with Gasteiger partial charge in [0.15, 0.2) is 0 Å². The molecule has 14 heavy (non-hydrogen) atoms. The second-order valence-electron chi connectivity index (χ2n) is 4.36. The molecule has 1 aromatic rings. The minimum atomic E-state index is -0.176. The monoisotopic (exact) mass is 302 g/mol. The molecule has 0 saturated carbocycles. The Bertz CT molecular complexity index is 400. The second kappa shape index (κ2) is 2.64. The maximum absolute atomic E-state index is 5.90. The van der Waals surface area contributed by atoms with E-state index in [0.29, 0.717) is 0 Å². The molecule has 2 aliphatic heterocycles. The van der Waals surface area contributed by atoms with Gasteiger partial charge in [-0.1, -0.05) is 0 Å². The summed E-state index contributed by atoms with van der Waals surface area (Å²) >= 11 is 2.31. The second-order valence-corrected chi connectivity index (χ2v) is 5.61. The molecule has 1 aromatic carbocycles. The smallest absolute Gasteiger partial charge is 0.132 e. The molecule has 2 atom stereocenters. The summed E-state index contributed by atoms with van der Waals surface area (Å²) in [6.07, 6.45) is 0.511. The topological polar surface area (TPSA) is 21.8 Å². The van der Waals surface area contributed by atoms with E-state index in [1.807, 2.05) is 6.07 Å². The molecule has 74 valence electrons. The van der Waals surface area contributed by atoms with Crippen molar-refractivity contribution in [2.45, 2.75) is 31.7 Å². The summed E-state index contributed by atoms with van der Waals surface area (Å²) in [5.41, 5.74) is 1.03. The maximum atomic E-state index is 5.90. The summed E-state index contributed by atoms with van der Waals surface area (Å²) in [5, 5.41) is 0. The number of benzene rings is 1. The third-order valence-corrected chi connectivity index (χ3v) is 3.50. The number of hydrogen-bond acceptors (Lipinski definition) is 2. The Morgan fingerprint density at radius 2 is 2.14 bits per heavy atom. The van der Waals surface area contributed by atoms with Gasteiger partial charge in [-0.15, -0.1) is 0 Å². The largest absolute Gasteiger partial charge is 0.485 e. The molecule has 0 radical (unpaired) electrons. The number of rotatable bonds is 0. The molecule has 3 rings (SSSR count). The van der Waals surface area contributed by atoms with Gasteiger partial charge >= 0.3 is 0 Å². The molecule has 0 spiro atoms. The van der Waals surface area contributed by atoms with Crippen LogP contribution >= 0.6 is 22.6 Å². The average molecular weight is 302 g/mol. The van der Waals surface area contributed by atoms with Gasteiger partial charge in [-0.25, -0.2) is 0 Å². The van der Waals surface area contributed by atoms with Crippen molar-refractivity contribution in [3.8, 4) is 5.75 Å². The van der Waals surface area contributed by atoms with Gasteiger partial charge in [0.1, 0.15) is 23.6 Å². The Kier molecular flexibility index (Phi) is 1.69. The van der Waals surface area contributed by atoms with E-state index in [-0.39, 0.29) is 17.8 Å². The van der Waals surface area contributed by atoms with Gasteiger partial charge in [-0.05, 0) is 54.6 Å². The lowest BCUT2D eigenvalue weighted by molar-refractivity contribution is 0.0725.